The van der Waals surface area contributed by atoms with Gasteiger partial charge in [-0.15, -0.1) is 0 Å². The van der Waals surface area contributed by atoms with E-state index in [-0.39, 0.29) is 40.2 Å². The van der Waals surface area contributed by atoms with Crippen LogP contribution in [-0.4, -0.2) is 67.5 Å². The zero-order chi connectivity index (χ0) is 28.4. The number of hydrogen-bond acceptors (Lipinski definition) is 9. The van der Waals surface area contributed by atoms with Crippen molar-refractivity contribution >= 4 is 17.8 Å². The fourth-order valence-corrected chi connectivity index (χ4v) is 7.19. The highest BCUT2D eigenvalue weighted by molar-refractivity contribution is 5.46. The van der Waals surface area contributed by atoms with E-state index in [4.69, 9.17) is 15.0 Å². The standard InChI is InChI=1S/C29H56N8O/c1-11-13-15-36(21-17-26(3,4)34-27(5,6)18-21)24-30-23(33-38)31-25(32-24)37(16-14-12-2)22-19-28(7,8)35-29(9,10)20-22/h21-22,34-35,38H,11-20H2,1-10H3,(H,30,31,32,33). The maximum atomic E-state index is 10.00. The van der Waals surface area contributed by atoms with E-state index in [0.29, 0.717) is 11.9 Å². The molecule has 0 atom stereocenters. The number of piperidine rings is 2. The summed E-state index contributed by atoms with van der Waals surface area (Å²) >= 11 is 0. The highest BCUT2D eigenvalue weighted by Gasteiger charge is 2.42. The van der Waals surface area contributed by atoms with Crippen LogP contribution in [0.15, 0.2) is 0 Å². The van der Waals surface area contributed by atoms with Gasteiger partial charge in [0, 0.05) is 47.3 Å². The Morgan fingerprint density at radius 3 is 1.32 bits per heavy atom. The number of nitrogens with one attached hydrogen (secondary N) is 3. The predicted molar refractivity (Wildman–Crippen MR) is 158 cm³/mol. The average Bonchev–Trinajstić information content (AvgIpc) is 2.75. The molecule has 0 spiro atoms. The minimum Gasteiger partial charge on any atom is -0.338 e. The number of nitrogens with zero attached hydrogens (tertiary/aromatic N) is 5. The molecule has 4 N–H and O–H groups in total. The predicted octanol–water partition coefficient (Wildman–Crippen LogP) is 5.50. The lowest BCUT2D eigenvalue weighted by molar-refractivity contribution is 0.157. The molecule has 1 aromatic rings. The highest BCUT2D eigenvalue weighted by atomic mass is 16.5. The van der Waals surface area contributed by atoms with Gasteiger partial charge in [-0.3, -0.25) is 5.21 Å². The van der Waals surface area contributed by atoms with Crippen LogP contribution in [0, 0.1) is 0 Å². The van der Waals surface area contributed by atoms with Crippen molar-refractivity contribution in [1.29, 1.82) is 0 Å². The molecule has 3 rings (SSSR count). The van der Waals surface area contributed by atoms with Crippen LogP contribution >= 0.6 is 0 Å². The van der Waals surface area contributed by atoms with Gasteiger partial charge >= 0.3 is 0 Å². The summed E-state index contributed by atoms with van der Waals surface area (Å²) in [4.78, 5) is 19.4. The molecule has 0 unspecified atom stereocenters. The van der Waals surface area contributed by atoms with Crippen LogP contribution in [0.25, 0.3) is 0 Å². The topological polar surface area (TPSA) is 101 Å². The van der Waals surface area contributed by atoms with E-state index in [1.165, 1.54) is 0 Å². The minimum absolute atomic E-state index is 0.00419. The minimum atomic E-state index is 0.00419. The maximum absolute atomic E-state index is 10.00. The second-order valence-electron chi connectivity index (χ2n) is 14.4. The first kappa shape index (κ1) is 30.8. The van der Waals surface area contributed by atoms with Crippen molar-refractivity contribution in [2.24, 2.45) is 0 Å². The summed E-state index contributed by atoms with van der Waals surface area (Å²) in [6.45, 7) is 24.5. The van der Waals surface area contributed by atoms with E-state index in [1.54, 1.807) is 0 Å². The molecule has 3 heterocycles. The Hall–Kier alpha value is -1.71. The van der Waals surface area contributed by atoms with E-state index in [2.05, 4.69) is 95.2 Å². The van der Waals surface area contributed by atoms with Crippen molar-refractivity contribution in [3.63, 3.8) is 0 Å². The molecule has 2 aliphatic heterocycles. The maximum Gasteiger partial charge on any atom is 0.253 e. The fraction of sp³-hybridized carbons (Fsp3) is 0.897. The first-order valence-corrected chi connectivity index (χ1v) is 14.9. The zero-order valence-corrected chi connectivity index (χ0v) is 25.9. The number of rotatable bonds is 11. The first-order valence-electron chi connectivity index (χ1n) is 14.9. The molecule has 0 bridgehead atoms. The summed E-state index contributed by atoms with van der Waals surface area (Å²) in [5.74, 6) is 1.54. The summed E-state index contributed by atoms with van der Waals surface area (Å²) in [5.41, 5.74) is 2.28. The van der Waals surface area contributed by atoms with Gasteiger partial charge in [0.1, 0.15) is 0 Å². The Kier molecular flexibility index (Phi) is 9.58. The number of unbranched alkanes of at least 4 members (excludes halogenated alkanes) is 2. The van der Waals surface area contributed by atoms with Gasteiger partial charge in [0.25, 0.3) is 5.95 Å². The van der Waals surface area contributed by atoms with Crippen LogP contribution in [0.5, 0.6) is 0 Å². The van der Waals surface area contributed by atoms with Crippen LogP contribution in [0.1, 0.15) is 121 Å². The average molecular weight is 533 g/mol. The first-order chi connectivity index (χ1) is 17.6. The van der Waals surface area contributed by atoms with Crippen molar-refractivity contribution in [2.45, 2.75) is 155 Å². The van der Waals surface area contributed by atoms with Crippen molar-refractivity contribution in [1.82, 2.24) is 25.6 Å². The summed E-state index contributed by atoms with van der Waals surface area (Å²) in [5, 5.41) is 17.6. The Morgan fingerprint density at radius 1 is 0.684 bits per heavy atom. The van der Waals surface area contributed by atoms with E-state index >= 15 is 0 Å². The van der Waals surface area contributed by atoms with E-state index in [9.17, 15) is 5.21 Å². The third-order valence-corrected chi connectivity index (χ3v) is 7.95. The largest absolute Gasteiger partial charge is 0.338 e. The fourth-order valence-electron chi connectivity index (χ4n) is 7.19. The van der Waals surface area contributed by atoms with Crippen molar-refractivity contribution < 1.29 is 5.21 Å². The molecule has 2 aliphatic rings. The lowest BCUT2D eigenvalue weighted by atomic mass is 9.79. The number of aromatic nitrogens is 3. The molecular formula is C29H56N8O. The van der Waals surface area contributed by atoms with Gasteiger partial charge in [-0.25, -0.2) is 5.48 Å². The Balaban J connectivity index is 2.06. The van der Waals surface area contributed by atoms with Gasteiger partial charge in [-0.2, -0.15) is 15.0 Å². The van der Waals surface area contributed by atoms with Crippen molar-refractivity contribution in [3.8, 4) is 0 Å². The number of hydrogen-bond donors (Lipinski definition) is 4. The molecule has 9 heteroatoms. The third kappa shape index (κ3) is 8.15. The van der Waals surface area contributed by atoms with Gasteiger partial charge < -0.3 is 20.4 Å². The summed E-state index contributed by atoms with van der Waals surface area (Å²) in [6.07, 6.45) is 8.31. The molecule has 0 aromatic carbocycles. The Bertz CT molecular complexity index is 816. The lowest BCUT2D eigenvalue weighted by Crippen LogP contribution is -2.63. The number of anilines is 3. The molecule has 2 saturated heterocycles. The van der Waals surface area contributed by atoms with Crippen LogP contribution in [0.4, 0.5) is 17.8 Å². The van der Waals surface area contributed by atoms with Crippen LogP contribution in [0.2, 0.25) is 0 Å². The second-order valence-corrected chi connectivity index (χ2v) is 14.4. The van der Waals surface area contributed by atoms with Crippen molar-refractivity contribution in [2.75, 3.05) is 28.4 Å². The summed E-state index contributed by atoms with van der Waals surface area (Å²) in [6, 6.07) is 0.575. The molecular weight excluding hydrogens is 476 g/mol. The third-order valence-electron chi connectivity index (χ3n) is 7.95. The molecule has 0 saturated carbocycles. The second kappa shape index (κ2) is 11.8. The van der Waals surface area contributed by atoms with Gasteiger partial charge in [0.15, 0.2) is 0 Å². The SMILES string of the molecule is CCCCN(c1nc(NO)nc(N(CCCC)C2CC(C)(C)NC(C)(C)C2)n1)C1CC(C)(C)NC(C)(C)C1. The van der Waals surface area contributed by atoms with E-state index < -0.39 is 0 Å². The van der Waals surface area contributed by atoms with Gasteiger partial charge in [-0.05, 0) is 93.9 Å². The lowest BCUT2D eigenvalue weighted by Gasteiger charge is -2.50. The molecule has 1 aromatic heterocycles. The normalized spacial score (nSPS) is 22.7. The smallest absolute Gasteiger partial charge is 0.253 e. The van der Waals surface area contributed by atoms with Gasteiger partial charge in [0.2, 0.25) is 11.9 Å². The monoisotopic (exact) mass is 532 g/mol. The molecule has 0 amide bonds. The van der Waals surface area contributed by atoms with E-state index in [0.717, 1.165) is 64.5 Å². The zero-order valence-electron chi connectivity index (χ0n) is 25.9. The summed E-state index contributed by atoms with van der Waals surface area (Å²) in [7, 11) is 0. The van der Waals surface area contributed by atoms with Crippen LogP contribution in [-0.2, 0) is 0 Å². The molecule has 0 aliphatic carbocycles. The van der Waals surface area contributed by atoms with Crippen LogP contribution in [0.3, 0.4) is 0 Å². The van der Waals surface area contributed by atoms with Gasteiger partial charge in [0.05, 0.1) is 0 Å². The van der Waals surface area contributed by atoms with E-state index in [1.807, 2.05) is 0 Å². The molecule has 2 fully saturated rings. The van der Waals surface area contributed by atoms with Crippen molar-refractivity contribution in [3.05, 3.63) is 0 Å². The molecule has 218 valence electrons. The summed E-state index contributed by atoms with van der Waals surface area (Å²) < 4.78 is 0. The van der Waals surface area contributed by atoms with Crippen LogP contribution < -0.4 is 25.9 Å². The highest BCUT2D eigenvalue weighted by Crippen LogP contribution is 2.36. The van der Waals surface area contributed by atoms with Gasteiger partial charge in [-0.1, -0.05) is 26.7 Å². The Morgan fingerprint density at radius 2 is 1.03 bits per heavy atom. The molecule has 9 nitrogen and oxygen atoms in total. The molecule has 0 radical (unpaired) electrons. The quantitative estimate of drug-likeness (QED) is 0.275. The Labute approximate surface area is 231 Å². The molecule has 38 heavy (non-hydrogen) atoms.